The topological polar surface area (TPSA) is 103 Å². The Hall–Kier alpha value is -1.67. The zero-order valence-corrected chi connectivity index (χ0v) is 13.4. The van der Waals surface area contributed by atoms with Crippen LogP contribution in [0.2, 0.25) is 0 Å². The maximum absolute atomic E-state index is 12.0. The molecule has 2 N–H and O–H groups in total. The Morgan fingerprint density at radius 1 is 1.39 bits per heavy atom. The maximum Gasteiger partial charge on any atom is 0.438 e. The molecule has 0 bridgehead atoms. The van der Waals surface area contributed by atoms with E-state index in [0.29, 0.717) is 11.3 Å². The Labute approximate surface area is 140 Å². The number of amides is 2. The number of rotatable bonds is 0. The van der Waals surface area contributed by atoms with Crippen molar-refractivity contribution in [3.8, 4) is 0 Å². The monoisotopic (exact) mass is 332 g/mol. The van der Waals surface area contributed by atoms with Crippen molar-refractivity contribution in [2.75, 3.05) is 20.1 Å². The third-order valence-corrected chi connectivity index (χ3v) is 3.56. The van der Waals surface area contributed by atoms with Crippen molar-refractivity contribution in [3.05, 3.63) is 0 Å². The van der Waals surface area contributed by atoms with Crippen molar-refractivity contribution in [1.82, 2.24) is 9.96 Å². The molecule has 0 aromatic rings. The minimum Gasteiger partial charge on any atom is -0.463 e. The highest BCUT2D eigenvalue weighted by Gasteiger charge is 2.22. The fourth-order valence-electron chi connectivity index (χ4n) is 2.24. The van der Waals surface area contributed by atoms with E-state index in [9.17, 15) is 14.8 Å². The summed E-state index contributed by atoms with van der Waals surface area (Å²) in [6.07, 6.45) is 3.30. The molecule has 1 rings (SSSR count). The van der Waals surface area contributed by atoms with E-state index in [4.69, 9.17) is 14.0 Å². The van der Waals surface area contributed by atoms with Crippen molar-refractivity contribution in [3.63, 3.8) is 0 Å². The number of hydrogen-bond acceptors (Lipinski definition) is 5. The first-order valence-electron chi connectivity index (χ1n) is 9.35. The molecule has 1 heterocycles. The number of ether oxygens (including phenoxy) is 1. The highest BCUT2D eigenvalue weighted by molar-refractivity contribution is 5.98. The molecule has 1 unspecified atom stereocenters. The van der Waals surface area contributed by atoms with Gasteiger partial charge in [-0.15, -0.1) is 5.06 Å². The third-order valence-electron chi connectivity index (χ3n) is 3.56. The molecule has 8 nitrogen and oxygen atoms in total. The number of hydrogen-bond donors (Lipinski definition) is 2. The van der Waals surface area contributed by atoms with Gasteiger partial charge in [0.2, 0.25) is 11.9 Å². The molecule has 0 saturated heterocycles. The van der Waals surface area contributed by atoms with Crippen LogP contribution in [-0.4, -0.2) is 64.5 Å². The van der Waals surface area contributed by atoms with E-state index in [-0.39, 0.29) is 30.7 Å². The molecule has 0 aromatic heterocycles. The zero-order chi connectivity index (χ0) is 19.7. The summed E-state index contributed by atoms with van der Waals surface area (Å²) in [6, 6.07) is 0. The summed E-state index contributed by atoms with van der Waals surface area (Å²) < 4.78 is 28.4. The second-order valence-electron chi connectivity index (χ2n) is 5.54. The standard InChI is InChI=1S/C15H27N3O5/c1-12-8-6-4-3-5-7-9-13(19)16-14(18(22)15(20)21)17(2)10-11-23-12/h12,22H,3-11H2,1-2H3,(H,20,21)/i2D3. The van der Waals surface area contributed by atoms with Crippen LogP contribution in [0.15, 0.2) is 4.99 Å². The molecular formula is C15H27N3O5. The predicted octanol–water partition coefficient (Wildman–Crippen LogP) is 2.32. The van der Waals surface area contributed by atoms with E-state index >= 15 is 0 Å². The summed E-state index contributed by atoms with van der Waals surface area (Å²) in [5.41, 5.74) is 0. The second kappa shape index (κ2) is 10.2. The van der Waals surface area contributed by atoms with Crippen molar-refractivity contribution >= 4 is 18.0 Å². The van der Waals surface area contributed by atoms with Gasteiger partial charge >= 0.3 is 6.09 Å². The van der Waals surface area contributed by atoms with Crippen LogP contribution >= 0.6 is 0 Å². The molecule has 0 aromatic carbocycles. The molecule has 132 valence electrons. The summed E-state index contributed by atoms with van der Waals surface area (Å²) in [5.74, 6) is -1.52. The Bertz CT molecular complexity index is 513. The Balaban J connectivity index is 3.10. The zero-order valence-electron chi connectivity index (χ0n) is 16.4. The van der Waals surface area contributed by atoms with Gasteiger partial charge in [-0.2, -0.15) is 4.99 Å². The molecular weight excluding hydrogens is 302 g/mol. The van der Waals surface area contributed by atoms with E-state index in [2.05, 4.69) is 4.99 Å². The van der Waals surface area contributed by atoms with Crippen LogP contribution < -0.4 is 0 Å². The van der Waals surface area contributed by atoms with Crippen LogP contribution in [0.1, 0.15) is 56.0 Å². The van der Waals surface area contributed by atoms with Gasteiger partial charge in [0.15, 0.2) is 0 Å². The van der Waals surface area contributed by atoms with Gasteiger partial charge in [-0.25, -0.2) is 4.79 Å². The molecule has 0 fully saturated rings. The van der Waals surface area contributed by atoms with Crippen LogP contribution in [0.25, 0.3) is 0 Å². The summed E-state index contributed by atoms with van der Waals surface area (Å²) in [6.45, 7) is -1.19. The van der Waals surface area contributed by atoms with Gasteiger partial charge in [0.1, 0.15) is 0 Å². The first-order valence-corrected chi connectivity index (χ1v) is 7.85. The average Bonchev–Trinajstić information content (AvgIpc) is 2.54. The molecule has 1 atom stereocenters. The highest BCUT2D eigenvalue weighted by Crippen LogP contribution is 2.11. The Morgan fingerprint density at radius 2 is 2.09 bits per heavy atom. The van der Waals surface area contributed by atoms with Gasteiger partial charge in [0.05, 0.1) is 12.7 Å². The van der Waals surface area contributed by atoms with Gasteiger partial charge in [0, 0.05) is 24.1 Å². The molecule has 0 radical (unpaired) electrons. The van der Waals surface area contributed by atoms with Crippen LogP contribution in [0.5, 0.6) is 0 Å². The molecule has 1 aliphatic rings. The predicted molar refractivity (Wildman–Crippen MR) is 84.5 cm³/mol. The number of aliphatic imine (C=N–C) groups is 1. The Morgan fingerprint density at radius 3 is 2.78 bits per heavy atom. The number of hydroxylamine groups is 2. The highest BCUT2D eigenvalue weighted by atomic mass is 16.6. The van der Waals surface area contributed by atoms with Gasteiger partial charge in [-0.05, 0) is 19.8 Å². The molecule has 2 amide bonds. The lowest BCUT2D eigenvalue weighted by molar-refractivity contribution is -0.118. The lowest BCUT2D eigenvalue weighted by Crippen LogP contribution is -2.45. The van der Waals surface area contributed by atoms with Crippen molar-refractivity contribution in [2.45, 2.75) is 58.0 Å². The SMILES string of the molecule is [2H]C([2H])([2H])N1CCOC(C)CCCCCCCC(=O)N=C1N(O)C(=O)O. The van der Waals surface area contributed by atoms with Crippen molar-refractivity contribution in [1.29, 1.82) is 0 Å². The quantitative estimate of drug-likeness (QED) is 0.521. The van der Waals surface area contributed by atoms with Gasteiger partial charge in [0.25, 0.3) is 0 Å². The van der Waals surface area contributed by atoms with Gasteiger partial charge in [-0.3, -0.25) is 10.0 Å². The molecule has 0 saturated carbocycles. The first-order chi connectivity index (χ1) is 12.1. The minimum absolute atomic E-state index is 0.0137. The lowest BCUT2D eigenvalue weighted by Gasteiger charge is -2.24. The van der Waals surface area contributed by atoms with Crippen molar-refractivity contribution in [2.24, 2.45) is 4.99 Å². The van der Waals surface area contributed by atoms with Crippen LogP contribution in [0.3, 0.4) is 0 Å². The fourth-order valence-corrected chi connectivity index (χ4v) is 2.24. The van der Waals surface area contributed by atoms with Crippen LogP contribution in [-0.2, 0) is 9.53 Å². The molecule has 0 spiro atoms. The smallest absolute Gasteiger partial charge is 0.438 e. The largest absolute Gasteiger partial charge is 0.463 e. The number of carboxylic acid groups (broad SMARTS) is 1. The van der Waals surface area contributed by atoms with E-state index in [1.165, 1.54) is 0 Å². The number of carbonyl (C=O) groups is 2. The maximum atomic E-state index is 12.0. The summed E-state index contributed by atoms with van der Waals surface area (Å²) in [4.78, 5) is 27.3. The summed E-state index contributed by atoms with van der Waals surface area (Å²) >= 11 is 0. The number of nitrogens with zero attached hydrogens (tertiary/aromatic N) is 3. The van der Waals surface area contributed by atoms with Gasteiger partial charge in [-0.1, -0.05) is 25.7 Å². The van der Waals surface area contributed by atoms with E-state index in [1.807, 2.05) is 6.92 Å². The second-order valence-corrected chi connectivity index (χ2v) is 5.54. The first kappa shape index (κ1) is 14.9. The average molecular weight is 332 g/mol. The minimum atomic E-state index is -2.81. The number of likely N-dealkylation sites (N-methyl/N-ethyl adjacent to an activating group) is 1. The van der Waals surface area contributed by atoms with Crippen LogP contribution in [0, 0.1) is 0 Å². The lowest BCUT2D eigenvalue weighted by atomic mass is 10.1. The van der Waals surface area contributed by atoms with E-state index < -0.39 is 24.9 Å². The summed E-state index contributed by atoms with van der Waals surface area (Å²) in [7, 11) is 0. The summed E-state index contributed by atoms with van der Waals surface area (Å²) in [5, 5.41) is 18.4. The van der Waals surface area contributed by atoms with E-state index in [1.54, 1.807) is 0 Å². The van der Waals surface area contributed by atoms with E-state index in [0.717, 1.165) is 32.1 Å². The normalized spacial score (nSPS) is 25.2. The fraction of sp³-hybridized carbons (Fsp3) is 0.800. The van der Waals surface area contributed by atoms with Gasteiger partial charge < -0.3 is 14.7 Å². The number of carbonyl (C=O) groups excluding carboxylic acids is 1. The molecule has 0 aliphatic carbocycles. The van der Waals surface area contributed by atoms with Crippen LogP contribution in [0.4, 0.5) is 4.79 Å². The molecule has 1 aliphatic heterocycles. The molecule has 23 heavy (non-hydrogen) atoms. The third kappa shape index (κ3) is 7.43. The molecule has 8 heteroatoms. The number of guanidine groups is 1. The van der Waals surface area contributed by atoms with Crippen molar-refractivity contribution < 1.29 is 28.8 Å². The Kier molecular flexibility index (Phi) is 6.59.